The molecule has 0 heterocycles. The molecule has 0 radical (unpaired) electrons. The Bertz CT molecular complexity index is 730. The van der Waals surface area contributed by atoms with Crippen LogP contribution in [0.4, 0.5) is 0 Å². The number of hydrogen-bond acceptors (Lipinski definition) is 9. The van der Waals surface area contributed by atoms with E-state index >= 15 is 0 Å². The van der Waals surface area contributed by atoms with Crippen LogP contribution in [0.5, 0.6) is 0 Å². The molecule has 0 bridgehead atoms. The van der Waals surface area contributed by atoms with Crippen LogP contribution in [0, 0.1) is 11.3 Å². The SMILES string of the molecule is CCC(=O)OC(OC(=O)[C@H](O)C(C)(C)COS(=O)(=O)CCCNC(C)=O)C1CCCCC1. The number of amides is 1. The van der Waals surface area contributed by atoms with E-state index < -0.39 is 46.5 Å². The first kappa shape index (κ1) is 28.3. The number of ether oxygens (including phenoxy) is 2. The van der Waals surface area contributed by atoms with Gasteiger partial charge in [0.15, 0.2) is 6.10 Å². The van der Waals surface area contributed by atoms with Gasteiger partial charge in [0, 0.05) is 31.2 Å². The third kappa shape index (κ3) is 10.3. The predicted octanol–water partition coefficient (Wildman–Crippen LogP) is 1.65. The summed E-state index contributed by atoms with van der Waals surface area (Å²) in [6.07, 6.45) is 1.94. The number of carbonyl (C=O) groups is 3. The first-order chi connectivity index (χ1) is 14.9. The highest BCUT2D eigenvalue weighted by Gasteiger charge is 2.39. The molecule has 2 atom stereocenters. The summed E-state index contributed by atoms with van der Waals surface area (Å²) in [7, 11) is -3.92. The minimum Gasteiger partial charge on any atom is -0.425 e. The van der Waals surface area contributed by atoms with Gasteiger partial charge in [0.25, 0.3) is 10.1 Å². The third-order valence-corrected chi connectivity index (χ3v) is 6.59. The summed E-state index contributed by atoms with van der Waals surface area (Å²) in [5.41, 5.74) is -1.28. The maximum absolute atomic E-state index is 12.6. The van der Waals surface area contributed by atoms with Crippen molar-refractivity contribution in [2.24, 2.45) is 11.3 Å². The largest absolute Gasteiger partial charge is 0.425 e. The van der Waals surface area contributed by atoms with Gasteiger partial charge in [0.1, 0.15) is 0 Å². The molecule has 1 unspecified atom stereocenters. The highest BCUT2D eigenvalue weighted by molar-refractivity contribution is 7.86. The number of aliphatic hydroxyl groups excluding tert-OH is 1. The lowest BCUT2D eigenvalue weighted by Gasteiger charge is -2.32. The first-order valence-electron chi connectivity index (χ1n) is 11.1. The third-order valence-electron chi connectivity index (χ3n) is 5.32. The second-order valence-corrected chi connectivity index (χ2v) is 10.6. The lowest BCUT2D eigenvalue weighted by Crippen LogP contribution is -2.44. The Kier molecular flexibility index (Phi) is 11.6. The Balaban J connectivity index is 2.67. The lowest BCUT2D eigenvalue weighted by atomic mass is 9.87. The number of carbonyl (C=O) groups excluding carboxylic acids is 3. The molecule has 186 valence electrons. The topological polar surface area (TPSA) is 145 Å². The molecule has 1 fully saturated rings. The monoisotopic (exact) mass is 479 g/mol. The Morgan fingerprint density at radius 1 is 1.12 bits per heavy atom. The number of rotatable bonds is 13. The molecule has 0 spiro atoms. The summed E-state index contributed by atoms with van der Waals surface area (Å²) >= 11 is 0. The lowest BCUT2D eigenvalue weighted by molar-refractivity contribution is -0.209. The van der Waals surface area contributed by atoms with E-state index in [1.807, 2.05) is 0 Å². The maximum atomic E-state index is 12.6. The van der Waals surface area contributed by atoms with Crippen LogP contribution in [0.3, 0.4) is 0 Å². The molecule has 0 aliphatic heterocycles. The van der Waals surface area contributed by atoms with Crippen LogP contribution in [0.25, 0.3) is 0 Å². The summed E-state index contributed by atoms with van der Waals surface area (Å²) < 4.78 is 39.8. The van der Waals surface area contributed by atoms with Crippen molar-refractivity contribution in [2.75, 3.05) is 18.9 Å². The van der Waals surface area contributed by atoms with Crippen LogP contribution in [0.15, 0.2) is 0 Å². The molecule has 10 nitrogen and oxygen atoms in total. The van der Waals surface area contributed by atoms with Gasteiger partial charge >= 0.3 is 11.9 Å². The highest BCUT2D eigenvalue weighted by Crippen LogP contribution is 2.30. The Hall–Kier alpha value is -1.72. The van der Waals surface area contributed by atoms with Gasteiger partial charge in [-0.05, 0) is 19.3 Å². The second kappa shape index (κ2) is 13.1. The molecule has 11 heteroatoms. The van der Waals surface area contributed by atoms with E-state index in [0.717, 1.165) is 32.1 Å². The van der Waals surface area contributed by atoms with Gasteiger partial charge in [0.2, 0.25) is 12.2 Å². The van der Waals surface area contributed by atoms with Crippen molar-refractivity contribution in [2.45, 2.75) is 85.0 Å². The van der Waals surface area contributed by atoms with Crippen LogP contribution in [0.2, 0.25) is 0 Å². The van der Waals surface area contributed by atoms with Gasteiger partial charge in [-0.2, -0.15) is 8.42 Å². The van der Waals surface area contributed by atoms with Crippen LogP contribution < -0.4 is 5.32 Å². The molecular formula is C21H37NO9S. The number of hydrogen-bond donors (Lipinski definition) is 2. The van der Waals surface area contributed by atoms with Crippen molar-refractivity contribution >= 4 is 28.0 Å². The van der Waals surface area contributed by atoms with E-state index in [-0.39, 0.29) is 37.0 Å². The zero-order valence-electron chi connectivity index (χ0n) is 19.4. The molecule has 1 aliphatic carbocycles. The standard InChI is InChI=1S/C21H37NO9S/c1-5-17(24)30-20(16-10-7-6-8-11-16)31-19(26)18(25)21(3,4)14-29-32(27,28)13-9-12-22-15(2)23/h16,18,20,25H,5-14H2,1-4H3,(H,22,23)/t18-,20?/m0/s1. The smallest absolute Gasteiger partial charge is 0.338 e. The van der Waals surface area contributed by atoms with Crippen LogP contribution in [0.1, 0.15) is 72.6 Å². The summed E-state index contributed by atoms with van der Waals surface area (Å²) in [6, 6.07) is 0. The Morgan fingerprint density at radius 2 is 1.75 bits per heavy atom. The highest BCUT2D eigenvalue weighted by atomic mass is 32.2. The van der Waals surface area contributed by atoms with Crippen molar-refractivity contribution in [3.8, 4) is 0 Å². The molecule has 32 heavy (non-hydrogen) atoms. The molecule has 0 aromatic rings. The summed E-state index contributed by atoms with van der Waals surface area (Å²) in [4.78, 5) is 35.2. The van der Waals surface area contributed by atoms with E-state index in [4.69, 9.17) is 13.7 Å². The predicted molar refractivity (Wildman–Crippen MR) is 116 cm³/mol. The van der Waals surface area contributed by atoms with E-state index in [0.29, 0.717) is 0 Å². The summed E-state index contributed by atoms with van der Waals surface area (Å²) in [5, 5.41) is 13.0. The fraction of sp³-hybridized carbons (Fsp3) is 0.857. The van der Waals surface area contributed by atoms with E-state index in [9.17, 15) is 27.9 Å². The molecule has 1 saturated carbocycles. The Morgan fingerprint density at radius 3 is 2.31 bits per heavy atom. The minimum atomic E-state index is -3.92. The molecular weight excluding hydrogens is 442 g/mol. The summed E-state index contributed by atoms with van der Waals surface area (Å²) in [6.45, 7) is 5.65. The molecule has 0 aromatic heterocycles. The molecule has 1 rings (SSSR count). The van der Waals surface area contributed by atoms with E-state index in [1.54, 1.807) is 6.92 Å². The molecule has 2 N–H and O–H groups in total. The zero-order valence-corrected chi connectivity index (χ0v) is 20.2. The average molecular weight is 480 g/mol. The van der Waals surface area contributed by atoms with Crippen molar-refractivity contribution < 1.29 is 41.6 Å². The van der Waals surface area contributed by atoms with Crippen molar-refractivity contribution in [3.05, 3.63) is 0 Å². The van der Waals surface area contributed by atoms with Gasteiger partial charge in [0.05, 0.1) is 12.4 Å². The fourth-order valence-corrected chi connectivity index (χ4v) is 4.33. The molecule has 1 amide bonds. The van der Waals surface area contributed by atoms with Crippen LogP contribution in [-0.2, 0) is 38.2 Å². The van der Waals surface area contributed by atoms with Crippen molar-refractivity contribution in [3.63, 3.8) is 0 Å². The van der Waals surface area contributed by atoms with Crippen molar-refractivity contribution in [1.29, 1.82) is 0 Å². The van der Waals surface area contributed by atoms with Crippen molar-refractivity contribution in [1.82, 2.24) is 5.32 Å². The quantitative estimate of drug-likeness (QED) is 0.174. The maximum Gasteiger partial charge on any atom is 0.338 e. The van der Waals surface area contributed by atoms with Gasteiger partial charge < -0.3 is 19.9 Å². The molecule has 0 saturated heterocycles. The van der Waals surface area contributed by atoms with E-state index in [2.05, 4.69) is 5.32 Å². The molecule has 1 aliphatic rings. The van der Waals surface area contributed by atoms with Crippen LogP contribution in [-0.4, -0.2) is 62.7 Å². The Labute approximate surface area is 190 Å². The zero-order chi connectivity index (χ0) is 24.4. The second-order valence-electron chi connectivity index (χ2n) is 8.80. The first-order valence-corrected chi connectivity index (χ1v) is 12.6. The average Bonchev–Trinajstić information content (AvgIpc) is 2.74. The van der Waals surface area contributed by atoms with E-state index in [1.165, 1.54) is 20.8 Å². The number of aliphatic hydroxyl groups is 1. The minimum absolute atomic E-state index is 0.127. The normalized spacial score (nSPS) is 17.3. The van der Waals surface area contributed by atoms with Gasteiger partial charge in [-0.25, -0.2) is 4.79 Å². The summed E-state index contributed by atoms with van der Waals surface area (Å²) in [5.74, 6) is -2.22. The number of esters is 2. The fourth-order valence-electron chi connectivity index (χ4n) is 3.23. The number of nitrogens with one attached hydrogen (secondary N) is 1. The van der Waals surface area contributed by atoms with Crippen LogP contribution >= 0.6 is 0 Å². The van der Waals surface area contributed by atoms with Gasteiger partial charge in [-0.15, -0.1) is 0 Å². The van der Waals surface area contributed by atoms with Gasteiger partial charge in [-0.1, -0.05) is 40.0 Å². The molecule has 0 aromatic carbocycles. The van der Waals surface area contributed by atoms with Gasteiger partial charge in [-0.3, -0.25) is 13.8 Å².